The summed E-state index contributed by atoms with van der Waals surface area (Å²) in [4.78, 5) is 0. The molecule has 0 saturated heterocycles. The lowest BCUT2D eigenvalue weighted by Crippen LogP contribution is -2.19. The molecule has 0 bridgehead atoms. The van der Waals surface area contributed by atoms with E-state index in [-0.39, 0.29) is 12.1 Å². The van der Waals surface area contributed by atoms with Crippen molar-refractivity contribution in [3.05, 3.63) is 36.3 Å². The first-order valence-electron chi connectivity index (χ1n) is 6.72. The zero-order valence-corrected chi connectivity index (χ0v) is 11.4. The SMILES string of the molecule is CCOC(CCn1ccc2ccc(F)cc21)OCC. The van der Waals surface area contributed by atoms with Crippen LogP contribution in [0.15, 0.2) is 30.5 Å². The highest BCUT2D eigenvalue weighted by Gasteiger charge is 2.09. The molecule has 2 aromatic rings. The molecule has 1 heterocycles. The Balaban J connectivity index is 2.06. The van der Waals surface area contributed by atoms with Gasteiger partial charge in [0.25, 0.3) is 0 Å². The van der Waals surface area contributed by atoms with Crippen molar-refractivity contribution in [2.24, 2.45) is 0 Å². The van der Waals surface area contributed by atoms with Crippen molar-refractivity contribution < 1.29 is 13.9 Å². The molecule has 104 valence electrons. The summed E-state index contributed by atoms with van der Waals surface area (Å²) in [6.45, 7) is 5.91. The van der Waals surface area contributed by atoms with Gasteiger partial charge in [-0.1, -0.05) is 0 Å². The van der Waals surface area contributed by atoms with Gasteiger partial charge >= 0.3 is 0 Å². The average molecular weight is 265 g/mol. The van der Waals surface area contributed by atoms with Crippen molar-refractivity contribution in [1.82, 2.24) is 4.57 Å². The van der Waals surface area contributed by atoms with E-state index in [1.807, 2.05) is 30.7 Å². The first-order chi connectivity index (χ1) is 9.24. The van der Waals surface area contributed by atoms with E-state index in [4.69, 9.17) is 9.47 Å². The van der Waals surface area contributed by atoms with E-state index in [0.29, 0.717) is 13.2 Å². The molecule has 19 heavy (non-hydrogen) atoms. The van der Waals surface area contributed by atoms with Crippen LogP contribution in [0.5, 0.6) is 0 Å². The molecule has 4 heteroatoms. The summed E-state index contributed by atoms with van der Waals surface area (Å²) in [5.41, 5.74) is 0.909. The Morgan fingerprint density at radius 2 is 1.89 bits per heavy atom. The molecule has 0 aliphatic rings. The van der Waals surface area contributed by atoms with Gasteiger partial charge in [-0.3, -0.25) is 0 Å². The number of aromatic nitrogens is 1. The first-order valence-corrected chi connectivity index (χ1v) is 6.72. The fraction of sp³-hybridized carbons (Fsp3) is 0.467. The summed E-state index contributed by atoms with van der Waals surface area (Å²) in [5, 5.41) is 1.05. The number of nitrogens with zero attached hydrogens (tertiary/aromatic N) is 1. The van der Waals surface area contributed by atoms with Crippen LogP contribution in [-0.2, 0) is 16.0 Å². The smallest absolute Gasteiger partial charge is 0.159 e. The molecule has 3 nitrogen and oxygen atoms in total. The predicted molar refractivity (Wildman–Crippen MR) is 73.6 cm³/mol. The maximum atomic E-state index is 13.3. The Labute approximate surface area is 112 Å². The third-order valence-corrected chi connectivity index (χ3v) is 3.05. The molecule has 0 saturated carbocycles. The Kier molecular flexibility index (Phi) is 4.93. The number of ether oxygens (including phenoxy) is 2. The fourth-order valence-corrected chi connectivity index (χ4v) is 2.18. The van der Waals surface area contributed by atoms with Crippen molar-refractivity contribution >= 4 is 10.9 Å². The van der Waals surface area contributed by atoms with E-state index in [1.165, 1.54) is 6.07 Å². The van der Waals surface area contributed by atoms with Crippen molar-refractivity contribution in [1.29, 1.82) is 0 Å². The molecule has 0 amide bonds. The minimum Gasteiger partial charge on any atom is -0.353 e. The molecular formula is C15H20FNO2. The van der Waals surface area contributed by atoms with Gasteiger partial charge in [0.2, 0.25) is 0 Å². The highest BCUT2D eigenvalue weighted by Crippen LogP contribution is 2.18. The number of halogens is 1. The van der Waals surface area contributed by atoms with Crippen LogP contribution in [0.3, 0.4) is 0 Å². The van der Waals surface area contributed by atoms with Crippen LogP contribution in [-0.4, -0.2) is 24.1 Å². The summed E-state index contributed by atoms with van der Waals surface area (Å²) in [7, 11) is 0. The van der Waals surface area contributed by atoms with E-state index in [1.54, 1.807) is 12.1 Å². The molecule has 0 unspecified atom stereocenters. The van der Waals surface area contributed by atoms with E-state index in [9.17, 15) is 4.39 Å². The van der Waals surface area contributed by atoms with Gasteiger partial charge in [-0.15, -0.1) is 0 Å². The molecular weight excluding hydrogens is 245 g/mol. The molecule has 0 radical (unpaired) electrons. The summed E-state index contributed by atoms with van der Waals surface area (Å²) >= 11 is 0. The lowest BCUT2D eigenvalue weighted by atomic mass is 10.2. The highest BCUT2D eigenvalue weighted by molar-refractivity contribution is 5.80. The number of rotatable bonds is 7. The lowest BCUT2D eigenvalue weighted by Gasteiger charge is -2.17. The predicted octanol–water partition coefficient (Wildman–Crippen LogP) is 3.57. The number of aryl methyl sites for hydroxylation is 1. The lowest BCUT2D eigenvalue weighted by molar-refractivity contribution is -0.140. The van der Waals surface area contributed by atoms with E-state index >= 15 is 0 Å². The van der Waals surface area contributed by atoms with E-state index in [2.05, 4.69) is 0 Å². The third kappa shape index (κ3) is 3.55. The second-order valence-electron chi connectivity index (χ2n) is 4.34. The number of hydrogen-bond donors (Lipinski definition) is 0. The van der Waals surface area contributed by atoms with Crippen LogP contribution in [0.1, 0.15) is 20.3 Å². The average Bonchev–Trinajstić information content (AvgIpc) is 2.79. The van der Waals surface area contributed by atoms with Crippen LogP contribution in [0, 0.1) is 5.82 Å². The van der Waals surface area contributed by atoms with Crippen molar-refractivity contribution in [3.8, 4) is 0 Å². The van der Waals surface area contributed by atoms with Crippen molar-refractivity contribution in [2.75, 3.05) is 13.2 Å². The Hall–Kier alpha value is -1.39. The number of benzene rings is 1. The van der Waals surface area contributed by atoms with Crippen molar-refractivity contribution in [2.45, 2.75) is 33.1 Å². The van der Waals surface area contributed by atoms with Gasteiger partial charge in [0.15, 0.2) is 6.29 Å². The second kappa shape index (κ2) is 6.68. The van der Waals surface area contributed by atoms with Crippen LogP contribution >= 0.6 is 0 Å². The van der Waals surface area contributed by atoms with Gasteiger partial charge in [0.05, 0.1) is 5.52 Å². The highest BCUT2D eigenvalue weighted by atomic mass is 19.1. The van der Waals surface area contributed by atoms with Gasteiger partial charge in [0, 0.05) is 32.4 Å². The normalized spacial score (nSPS) is 11.6. The Morgan fingerprint density at radius 3 is 2.58 bits per heavy atom. The van der Waals surface area contributed by atoms with Gasteiger partial charge in [-0.25, -0.2) is 4.39 Å². The van der Waals surface area contributed by atoms with Crippen molar-refractivity contribution in [3.63, 3.8) is 0 Å². The number of hydrogen-bond acceptors (Lipinski definition) is 2. The molecule has 1 aromatic heterocycles. The third-order valence-electron chi connectivity index (χ3n) is 3.05. The molecule has 0 fully saturated rings. The second-order valence-corrected chi connectivity index (χ2v) is 4.34. The maximum Gasteiger partial charge on any atom is 0.159 e. The summed E-state index contributed by atoms with van der Waals surface area (Å²) in [5.74, 6) is -0.210. The van der Waals surface area contributed by atoms with Gasteiger partial charge in [-0.2, -0.15) is 0 Å². The number of fused-ring (bicyclic) bond motifs is 1. The van der Waals surface area contributed by atoms with Crippen LogP contribution in [0.2, 0.25) is 0 Å². The maximum absolute atomic E-state index is 13.3. The minimum absolute atomic E-state index is 0.194. The molecule has 0 spiro atoms. The summed E-state index contributed by atoms with van der Waals surface area (Å²) in [6.07, 6.45) is 2.53. The Morgan fingerprint density at radius 1 is 1.16 bits per heavy atom. The Bertz CT molecular complexity index is 518. The summed E-state index contributed by atoms with van der Waals surface area (Å²) < 4.78 is 26.3. The zero-order chi connectivity index (χ0) is 13.7. The monoisotopic (exact) mass is 265 g/mol. The minimum atomic E-state index is -0.210. The molecule has 0 aliphatic carbocycles. The standard InChI is InChI=1S/C15H20FNO2/c1-3-18-15(19-4-2)8-10-17-9-7-12-5-6-13(16)11-14(12)17/h5-7,9,11,15H,3-4,8,10H2,1-2H3. The van der Waals surface area contributed by atoms with Crippen LogP contribution < -0.4 is 0 Å². The largest absolute Gasteiger partial charge is 0.353 e. The molecule has 0 atom stereocenters. The molecule has 1 aromatic carbocycles. The van der Waals surface area contributed by atoms with E-state index < -0.39 is 0 Å². The molecule has 0 N–H and O–H groups in total. The van der Waals surface area contributed by atoms with Gasteiger partial charge in [-0.05, 0) is 43.5 Å². The zero-order valence-electron chi connectivity index (χ0n) is 11.4. The van der Waals surface area contributed by atoms with Gasteiger partial charge in [0.1, 0.15) is 5.82 Å². The summed E-state index contributed by atoms with van der Waals surface area (Å²) in [6, 6.07) is 6.83. The quantitative estimate of drug-likeness (QED) is 0.714. The fourth-order valence-electron chi connectivity index (χ4n) is 2.18. The van der Waals surface area contributed by atoms with Crippen LogP contribution in [0.4, 0.5) is 4.39 Å². The molecule has 2 rings (SSSR count). The topological polar surface area (TPSA) is 23.4 Å². The van der Waals surface area contributed by atoms with Gasteiger partial charge < -0.3 is 14.0 Å². The molecule has 0 aliphatic heterocycles. The van der Waals surface area contributed by atoms with Crippen LogP contribution in [0.25, 0.3) is 10.9 Å². The van der Waals surface area contributed by atoms with E-state index in [0.717, 1.165) is 23.9 Å². The first kappa shape index (κ1) is 14.0.